The van der Waals surface area contributed by atoms with Gasteiger partial charge in [0.25, 0.3) is 0 Å². The van der Waals surface area contributed by atoms with Crippen molar-refractivity contribution < 1.29 is 4.79 Å². The van der Waals surface area contributed by atoms with Crippen molar-refractivity contribution in [3.05, 3.63) is 63.5 Å². The van der Waals surface area contributed by atoms with E-state index in [0.717, 1.165) is 17.8 Å². The quantitative estimate of drug-likeness (QED) is 0.419. The number of carbonyl (C=O) groups excluding carboxylic acids is 1. The highest BCUT2D eigenvalue weighted by Gasteiger charge is 2.23. The van der Waals surface area contributed by atoms with Gasteiger partial charge in [-0.25, -0.2) is 4.98 Å². The molecule has 0 fully saturated rings. The number of nitrogens with one attached hydrogen (secondary N) is 1. The average Bonchev–Trinajstić information content (AvgIpc) is 3.13. The third-order valence-corrected chi connectivity index (χ3v) is 6.57. The lowest BCUT2D eigenvalue weighted by atomic mass is 10.2. The largest absolute Gasteiger partial charge is 0.309 e. The van der Waals surface area contributed by atoms with Crippen LogP contribution < -0.4 is 5.32 Å². The van der Waals surface area contributed by atoms with Crippen molar-refractivity contribution in [1.82, 2.24) is 24.6 Å². The number of thioether (sulfide) groups is 1. The molecule has 0 spiro atoms. The number of hydrogen-bond donors (Lipinski definition) is 1. The Bertz CT molecular complexity index is 1070. The summed E-state index contributed by atoms with van der Waals surface area (Å²) in [5, 5.41) is 13.1. The van der Waals surface area contributed by atoms with Crippen LogP contribution in [0.15, 0.2) is 41.6 Å². The van der Waals surface area contributed by atoms with Gasteiger partial charge in [0.2, 0.25) is 5.91 Å². The van der Waals surface area contributed by atoms with Gasteiger partial charge < -0.3 is 9.88 Å². The monoisotopic (exact) mass is 492 g/mol. The van der Waals surface area contributed by atoms with Crippen molar-refractivity contribution in [3.63, 3.8) is 0 Å². The van der Waals surface area contributed by atoms with Crippen LogP contribution in [0.3, 0.4) is 0 Å². The Morgan fingerprint density at radius 3 is 2.56 bits per heavy atom. The van der Waals surface area contributed by atoms with Gasteiger partial charge in [0.05, 0.1) is 34.1 Å². The lowest BCUT2D eigenvalue weighted by Crippen LogP contribution is -2.23. The van der Waals surface area contributed by atoms with Gasteiger partial charge in [0.1, 0.15) is 0 Å². The molecule has 3 rings (SSSR count). The van der Waals surface area contributed by atoms with Gasteiger partial charge in [-0.05, 0) is 39.1 Å². The number of aromatic nitrogens is 4. The smallest absolute Gasteiger partial charge is 0.236 e. The Labute approximate surface area is 202 Å². The molecule has 3 aromatic rings. The predicted octanol–water partition coefficient (Wildman–Crippen LogP) is 5.08. The second-order valence-corrected chi connectivity index (χ2v) is 9.28. The lowest BCUT2D eigenvalue weighted by Gasteiger charge is -2.23. The number of aryl methyl sites for hydroxylation is 1. The topological polar surface area (TPSA) is 75.9 Å². The molecule has 0 bridgehead atoms. The van der Waals surface area contributed by atoms with E-state index in [0.29, 0.717) is 33.3 Å². The number of carbonyl (C=O) groups is 1. The van der Waals surface area contributed by atoms with Crippen molar-refractivity contribution in [2.24, 2.45) is 0 Å². The second kappa shape index (κ2) is 11.1. The zero-order valence-electron chi connectivity index (χ0n) is 18.5. The van der Waals surface area contributed by atoms with Crippen LogP contribution in [0.2, 0.25) is 10.0 Å². The number of benzene rings is 1. The molecule has 0 aliphatic heterocycles. The summed E-state index contributed by atoms with van der Waals surface area (Å²) in [5.41, 5.74) is 1.74. The first-order valence-electron chi connectivity index (χ1n) is 10.2. The molecule has 0 aliphatic rings. The molecule has 1 unspecified atom stereocenters. The fourth-order valence-corrected chi connectivity index (χ4v) is 4.44. The van der Waals surface area contributed by atoms with Gasteiger partial charge in [-0.2, -0.15) is 0 Å². The minimum Gasteiger partial charge on any atom is -0.309 e. The zero-order valence-corrected chi connectivity index (χ0v) is 20.8. The van der Waals surface area contributed by atoms with Crippen LogP contribution in [-0.4, -0.2) is 50.4 Å². The number of anilines is 1. The normalized spacial score (nSPS) is 12.2. The maximum atomic E-state index is 12.6. The first kappa shape index (κ1) is 24.5. The van der Waals surface area contributed by atoms with E-state index in [9.17, 15) is 4.79 Å². The molecule has 170 valence electrons. The number of nitrogens with zero attached hydrogens (tertiary/aromatic N) is 5. The molecule has 1 atom stereocenters. The van der Waals surface area contributed by atoms with Crippen LogP contribution in [-0.2, 0) is 11.3 Å². The number of halogens is 2. The molecule has 0 radical (unpaired) electrons. The average molecular weight is 493 g/mol. The Balaban J connectivity index is 1.79. The number of hydrogen-bond acceptors (Lipinski definition) is 6. The lowest BCUT2D eigenvalue weighted by molar-refractivity contribution is -0.113. The molecule has 7 nitrogen and oxygen atoms in total. The first-order valence-corrected chi connectivity index (χ1v) is 11.9. The van der Waals surface area contributed by atoms with E-state index in [1.165, 1.54) is 11.8 Å². The second-order valence-electron chi connectivity index (χ2n) is 7.52. The minimum atomic E-state index is -0.235. The van der Waals surface area contributed by atoms with Gasteiger partial charge in [0, 0.05) is 0 Å². The number of pyridine rings is 1. The van der Waals surface area contributed by atoms with Gasteiger partial charge in [-0.1, -0.05) is 72.2 Å². The van der Waals surface area contributed by atoms with Crippen LogP contribution in [0.5, 0.6) is 0 Å². The van der Waals surface area contributed by atoms with E-state index < -0.39 is 0 Å². The van der Waals surface area contributed by atoms with E-state index in [2.05, 4.69) is 49.0 Å². The van der Waals surface area contributed by atoms with Crippen LogP contribution in [0.4, 0.5) is 5.82 Å². The fourth-order valence-electron chi connectivity index (χ4n) is 3.29. The fraction of sp³-hybridized carbons (Fsp3) is 0.364. The molecule has 1 amide bonds. The Hall–Kier alpha value is -2.13. The van der Waals surface area contributed by atoms with Crippen molar-refractivity contribution >= 4 is 46.7 Å². The Morgan fingerprint density at radius 1 is 1.19 bits per heavy atom. The highest BCUT2D eigenvalue weighted by atomic mass is 35.5. The summed E-state index contributed by atoms with van der Waals surface area (Å²) in [6.07, 6.45) is 0.894. The summed E-state index contributed by atoms with van der Waals surface area (Å²) in [6, 6.07) is 11.8. The van der Waals surface area contributed by atoms with Gasteiger partial charge in [-0.3, -0.25) is 9.69 Å². The molecule has 10 heteroatoms. The third-order valence-electron chi connectivity index (χ3n) is 4.93. The number of rotatable bonds is 9. The zero-order chi connectivity index (χ0) is 23.3. The van der Waals surface area contributed by atoms with Crippen molar-refractivity contribution in [1.29, 1.82) is 0 Å². The predicted molar refractivity (Wildman–Crippen MR) is 131 cm³/mol. The highest BCUT2D eigenvalue weighted by Crippen LogP contribution is 2.28. The molecule has 2 heterocycles. The molecule has 0 aliphatic carbocycles. The summed E-state index contributed by atoms with van der Waals surface area (Å²) in [6.45, 7) is 4.50. The standard InChI is InChI=1S/C22H26Cl2N6OS/c1-5-18(29(3)4)21-27-28-22(30(21)12-15-9-7-6-8-10-15)32-13-19(31)26-20-17(24)11-16(23)14(2)25-20/h6-11,18H,5,12-13H2,1-4H3,(H,25,26,31). The van der Waals surface area contributed by atoms with E-state index >= 15 is 0 Å². The van der Waals surface area contributed by atoms with Crippen LogP contribution in [0, 0.1) is 6.92 Å². The third kappa shape index (κ3) is 6.01. The Morgan fingerprint density at radius 2 is 1.91 bits per heavy atom. The molecule has 0 saturated carbocycles. The maximum Gasteiger partial charge on any atom is 0.236 e. The summed E-state index contributed by atoms with van der Waals surface area (Å²) in [7, 11) is 4.06. The molecule has 0 saturated heterocycles. The molecular formula is C22H26Cl2N6OS. The SMILES string of the molecule is CCC(c1nnc(SCC(=O)Nc2nc(C)c(Cl)cc2Cl)n1Cc1ccccc1)N(C)C. The summed E-state index contributed by atoms with van der Waals surface area (Å²) in [5.74, 6) is 1.08. The van der Waals surface area contributed by atoms with Crippen LogP contribution in [0.25, 0.3) is 0 Å². The van der Waals surface area contributed by atoms with E-state index in [1.807, 2.05) is 32.3 Å². The van der Waals surface area contributed by atoms with E-state index in [1.54, 1.807) is 13.0 Å². The summed E-state index contributed by atoms with van der Waals surface area (Å²) < 4.78 is 2.08. The van der Waals surface area contributed by atoms with E-state index in [4.69, 9.17) is 23.2 Å². The molecule has 1 aromatic carbocycles. The van der Waals surface area contributed by atoms with Crippen LogP contribution in [0.1, 0.15) is 36.5 Å². The Kier molecular flexibility index (Phi) is 8.53. The van der Waals surface area contributed by atoms with Crippen molar-refractivity contribution in [3.8, 4) is 0 Å². The minimum absolute atomic E-state index is 0.120. The van der Waals surface area contributed by atoms with Crippen molar-refractivity contribution in [2.75, 3.05) is 25.2 Å². The summed E-state index contributed by atoms with van der Waals surface area (Å²) in [4.78, 5) is 19.0. The van der Waals surface area contributed by atoms with Crippen molar-refractivity contribution in [2.45, 2.75) is 38.0 Å². The number of amides is 1. The van der Waals surface area contributed by atoms with Gasteiger partial charge >= 0.3 is 0 Å². The molecule has 2 aromatic heterocycles. The molecular weight excluding hydrogens is 467 g/mol. The van der Waals surface area contributed by atoms with E-state index in [-0.39, 0.29) is 17.7 Å². The first-order chi connectivity index (χ1) is 15.3. The molecule has 32 heavy (non-hydrogen) atoms. The maximum absolute atomic E-state index is 12.6. The van der Waals surface area contributed by atoms with Gasteiger partial charge in [0.15, 0.2) is 16.8 Å². The highest BCUT2D eigenvalue weighted by molar-refractivity contribution is 7.99. The van der Waals surface area contributed by atoms with Crippen LogP contribution >= 0.6 is 35.0 Å². The summed E-state index contributed by atoms with van der Waals surface area (Å²) >= 11 is 13.5. The molecule has 1 N–H and O–H groups in total. The van der Waals surface area contributed by atoms with Gasteiger partial charge in [-0.15, -0.1) is 10.2 Å².